The van der Waals surface area contributed by atoms with Crippen LogP contribution < -0.4 is 14.8 Å². The van der Waals surface area contributed by atoms with Crippen molar-refractivity contribution in [3.63, 3.8) is 0 Å². The second-order valence-electron chi connectivity index (χ2n) is 7.95. The number of hydrogen-bond donors (Lipinski definition) is 1. The maximum absolute atomic E-state index is 13.2. The van der Waals surface area contributed by atoms with Crippen molar-refractivity contribution in [2.45, 2.75) is 33.2 Å². The summed E-state index contributed by atoms with van der Waals surface area (Å²) < 4.78 is 10.7. The molecular formula is C23H32N4O4S. The van der Waals surface area contributed by atoms with E-state index in [0.29, 0.717) is 49.1 Å². The molecule has 1 aliphatic rings. The van der Waals surface area contributed by atoms with Crippen LogP contribution in [0, 0.1) is 6.92 Å². The zero-order chi connectivity index (χ0) is 23.3. The molecule has 1 unspecified atom stereocenters. The summed E-state index contributed by atoms with van der Waals surface area (Å²) in [6.45, 7) is 8.84. The van der Waals surface area contributed by atoms with Crippen LogP contribution in [0.4, 0.5) is 0 Å². The third-order valence-electron chi connectivity index (χ3n) is 5.67. The molecule has 1 aliphatic heterocycles. The van der Waals surface area contributed by atoms with Crippen LogP contribution in [0.3, 0.4) is 0 Å². The fourth-order valence-corrected chi connectivity index (χ4v) is 4.60. The quantitative estimate of drug-likeness (QED) is 0.652. The Balaban J connectivity index is 1.63. The van der Waals surface area contributed by atoms with Crippen LogP contribution in [-0.2, 0) is 4.79 Å². The second-order valence-corrected chi connectivity index (χ2v) is 8.95. The number of ether oxygens (including phenoxy) is 2. The maximum Gasteiger partial charge on any atom is 0.265 e. The average molecular weight is 461 g/mol. The Morgan fingerprint density at radius 3 is 2.47 bits per heavy atom. The van der Waals surface area contributed by atoms with Crippen molar-refractivity contribution in [3.05, 3.63) is 28.8 Å². The zero-order valence-corrected chi connectivity index (χ0v) is 20.3. The number of carbonyl (C=O) groups is 2. The van der Waals surface area contributed by atoms with Crippen molar-refractivity contribution in [3.8, 4) is 22.1 Å². The van der Waals surface area contributed by atoms with E-state index in [1.807, 2.05) is 43.9 Å². The molecule has 9 heteroatoms. The van der Waals surface area contributed by atoms with E-state index < -0.39 is 0 Å². The number of methoxy groups -OCH3 is 2. The van der Waals surface area contributed by atoms with E-state index in [9.17, 15) is 9.59 Å². The van der Waals surface area contributed by atoms with E-state index in [-0.39, 0.29) is 17.9 Å². The molecule has 1 aromatic heterocycles. The van der Waals surface area contributed by atoms with E-state index in [1.54, 1.807) is 14.2 Å². The normalized spacial score (nSPS) is 15.3. The summed E-state index contributed by atoms with van der Waals surface area (Å²) in [4.78, 5) is 34.5. The SMILES string of the molecule is CCC(C)NC(=O)CN1CCN(C(=O)c2sc(-c3ccc(OC)c(OC)c3)nc2C)CC1. The summed E-state index contributed by atoms with van der Waals surface area (Å²) in [5.74, 6) is 1.31. The molecule has 1 saturated heterocycles. The number of hydrogen-bond acceptors (Lipinski definition) is 7. The van der Waals surface area contributed by atoms with Gasteiger partial charge in [-0.15, -0.1) is 11.3 Å². The van der Waals surface area contributed by atoms with E-state index in [4.69, 9.17) is 9.47 Å². The van der Waals surface area contributed by atoms with Gasteiger partial charge >= 0.3 is 0 Å². The van der Waals surface area contributed by atoms with E-state index in [1.165, 1.54) is 11.3 Å². The minimum absolute atomic E-state index is 0.00423. The van der Waals surface area contributed by atoms with Gasteiger partial charge in [0, 0.05) is 37.8 Å². The van der Waals surface area contributed by atoms with Gasteiger partial charge in [0.1, 0.15) is 9.88 Å². The van der Waals surface area contributed by atoms with Gasteiger partial charge in [-0.2, -0.15) is 0 Å². The highest BCUT2D eigenvalue weighted by molar-refractivity contribution is 7.17. The van der Waals surface area contributed by atoms with Crippen molar-refractivity contribution < 1.29 is 19.1 Å². The monoisotopic (exact) mass is 460 g/mol. The zero-order valence-electron chi connectivity index (χ0n) is 19.4. The first-order valence-electron chi connectivity index (χ1n) is 10.9. The minimum Gasteiger partial charge on any atom is -0.493 e. The highest BCUT2D eigenvalue weighted by Crippen LogP contribution is 2.35. The molecule has 0 saturated carbocycles. The Kier molecular flexibility index (Phi) is 8.09. The molecule has 1 aromatic carbocycles. The lowest BCUT2D eigenvalue weighted by Gasteiger charge is -2.34. The number of thiazole rings is 1. The molecule has 2 heterocycles. The topological polar surface area (TPSA) is 84.0 Å². The summed E-state index contributed by atoms with van der Waals surface area (Å²) in [6, 6.07) is 5.80. The number of aromatic nitrogens is 1. The van der Waals surface area contributed by atoms with E-state index in [0.717, 1.165) is 22.7 Å². The van der Waals surface area contributed by atoms with E-state index >= 15 is 0 Å². The largest absolute Gasteiger partial charge is 0.493 e. The number of benzene rings is 1. The average Bonchev–Trinajstić information content (AvgIpc) is 3.19. The first-order valence-corrected chi connectivity index (χ1v) is 11.7. The molecule has 8 nitrogen and oxygen atoms in total. The molecule has 2 aromatic rings. The molecular weight excluding hydrogens is 428 g/mol. The number of amides is 2. The molecule has 2 amide bonds. The number of nitrogens with one attached hydrogen (secondary N) is 1. The third kappa shape index (κ3) is 5.58. The maximum atomic E-state index is 13.2. The highest BCUT2D eigenvalue weighted by atomic mass is 32.1. The van der Waals surface area contributed by atoms with Crippen molar-refractivity contribution in [1.29, 1.82) is 0 Å². The first kappa shape index (κ1) is 24.0. The van der Waals surface area contributed by atoms with Crippen LogP contribution in [0.5, 0.6) is 11.5 Å². The number of piperazine rings is 1. The van der Waals surface area contributed by atoms with Gasteiger partial charge in [0.05, 0.1) is 26.5 Å². The predicted octanol–water partition coefficient (Wildman–Crippen LogP) is 2.81. The lowest BCUT2D eigenvalue weighted by atomic mass is 10.2. The van der Waals surface area contributed by atoms with Crippen LogP contribution in [0.25, 0.3) is 10.6 Å². The van der Waals surface area contributed by atoms with Crippen LogP contribution in [-0.4, -0.2) is 79.6 Å². The third-order valence-corrected chi connectivity index (χ3v) is 6.86. The molecule has 0 bridgehead atoms. The molecule has 1 atom stereocenters. The summed E-state index contributed by atoms with van der Waals surface area (Å²) >= 11 is 1.39. The summed E-state index contributed by atoms with van der Waals surface area (Å²) in [6.07, 6.45) is 0.910. The van der Waals surface area contributed by atoms with Crippen LogP contribution >= 0.6 is 11.3 Å². The fraction of sp³-hybridized carbons (Fsp3) is 0.522. The Morgan fingerprint density at radius 1 is 1.16 bits per heavy atom. The van der Waals surface area contributed by atoms with Gasteiger partial charge in [-0.25, -0.2) is 4.98 Å². The standard InChI is InChI=1S/C23H32N4O4S/c1-6-15(2)24-20(28)14-26-9-11-27(12-10-26)23(29)21-16(3)25-22(32-21)17-7-8-18(30-4)19(13-17)31-5/h7-8,13,15H,6,9-12,14H2,1-5H3,(H,24,28). The molecule has 1 N–H and O–H groups in total. The number of rotatable bonds is 8. The second kappa shape index (κ2) is 10.8. The molecule has 0 aliphatic carbocycles. The molecule has 0 radical (unpaired) electrons. The molecule has 174 valence electrons. The number of aryl methyl sites for hydroxylation is 1. The smallest absolute Gasteiger partial charge is 0.265 e. The highest BCUT2D eigenvalue weighted by Gasteiger charge is 2.26. The molecule has 1 fully saturated rings. The van der Waals surface area contributed by atoms with Gasteiger partial charge in [0.25, 0.3) is 5.91 Å². The van der Waals surface area contributed by atoms with Gasteiger partial charge < -0.3 is 19.7 Å². The van der Waals surface area contributed by atoms with Crippen molar-refractivity contribution in [1.82, 2.24) is 20.1 Å². The van der Waals surface area contributed by atoms with Crippen molar-refractivity contribution in [2.75, 3.05) is 46.9 Å². The Morgan fingerprint density at radius 2 is 1.84 bits per heavy atom. The van der Waals surface area contributed by atoms with Crippen LogP contribution in [0.1, 0.15) is 35.6 Å². The van der Waals surface area contributed by atoms with Gasteiger partial charge in [-0.1, -0.05) is 6.92 Å². The van der Waals surface area contributed by atoms with E-state index in [2.05, 4.69) is 15.2 Å². The number of carbonyl (C=O) groups excluding carboxylic acids is 2. The predicted molar refractivity (Wildman–Crippen MR) is 126 cm³/mol. The summed E-state index contributed by atoms with van der Waals surface area (Å²) in [5.41, 5.74) is 1.60. The summed E-state index contributed by atoms with van der Waals surface area (Å²) in [7, 11) is 3.19. The summed E-state index contributed by atoms with van der Waals surface area (Å²) in [5, 5.41) is 3.76. The van der Waals surface area contributed by atoms with Gasteiger partial charge in [0.15, 0.2) is 11.5 Å². The molecule has 32 heavy (non-hydrogen) atoms. The Bertz CT molecular complexity index is 953. The molecule has 0 spiro atoms. The Labute approximate surface area is 193 Å². The lowest BCUT2D eigenvalue weighted by Crippen LogP contribution is -2.51. The number of nitrogens with zero attached hydrogens (tertiary/aromatic N) is 3. The first-order chi connectivity index (χ1) is 15.4. The van der Waals surface area contributed by atoms with Crippen LogP contribution in [0.2, 0.25) is 0 Å². The van der Waals surface area contributed by atoms with Gasteiger partial charge in [0.2, 0.25) is 5.91 Å². The van der Waals surface area contributed by atoms with Crippen molar-refractivity contribution in [2.24, 2.45) is 0 Å². The lowest BCUT2D eigenvalue weighted by molar-refractivity contribution is -0.123. The minimum atomic E-state index is -0.00423. The van der Waals surface area contributed by atoms with Crippen molar-refractivity contribution >= 4 is 23.2 Å². The Hall–Kier alpha value is -2.65. The van der Waals surface area contributed by atoms with Gasteiger partial charge in [-0.05, 0) is 38.5 Å². The fourth-order valence-electron chi connectivity index (χ4n) is 3.57. The van der Waals surface area contributed by atoms with Gasteiger partial charge in [-0.3, -0.25) is 14.5 Å². The molecule has 3 rings (SSSR count). The van der Waals surface area contributed by atoms with Crippen LogP contribution in [0.15, 0.2) is 18.2 Å².